The first-order valence-corrected chi connectivity index (χ1v) is 21.1. The summed E-state index contributed by atoms with van der Waals surface area (Å²) in [4.78, 5) is 2.47. The molecule has 0 bridgehead atoms. The van der Waals surface area contributed by atoms with Gasteiger partial charge in [-0.15, -0.1) is 11.3 Å². The van der Waals surface area contributed by atoms with Crippen molar-refractivity contribution in [3.63, 3.8) is 0 Å². The highest BCUT2D eigenvalue weighted by molar-refractivity contribution is 7.26. The van der Waals surface area contributed by atoms with Crippen molar-refractivity contribution in [3.8, 4) is 22.3 Å². The van der Waals surface area contributed by atoms with E-state index < -0.39 is 5.41 Å². The zero-order chi connectivity index (χ0) is 38.6. The predicted octanol–water partition coefficient (Wildman–Crippen LogP) is 15.3. The second-order valence-electron chi connectivity index (χ2n) is 16.4. The molecule has 0 atom stereocenters. The van der Waals surface area contributed by atoms with Gasteiger partial charge >= 0.3 is 0 Å². The van der Waals surface area contributed by atoms with Crippen molar-refractivity contribution in [3.05, 3.63) is 234 Å². The summed E-state index contributed by atoms with van der Waals surface area (Å²) in [6, 6.07) is 74.5. The zero-order valence-corrected chi connectivity index (χ0v) is 33.2. The van der Waals surface area contributed by atoms with Crippen LogP contribution in [0.5, 0.6) is 0 Å². The zero-order valence-electron chi connectivity index (χ0n) is 32.4. The van der Waals surface area contributed by atoms with Crippen molar-refractivity contribution in [2.24, 2.45) is 0 Å². The fourth-order valence-corrected chi connectivity index (χ4v) is 11.9. The third-order valence-electron chi connectivity index (χ3n) is 13.1. The minimum absolute atomic E-state index is 0.232. The lowest BCUT2D eigenvalue weighted by atomic mass is 9.67. The smallest absolute Gasteiger partial charge is 0.0714 e. The monoisotopic (exact) mass is 757 g/mol. The molecule has 9 aromatic carbocycles. The Morgan fingerprint density at radius 3 is 1.66 bits per heavy atom. The van der Waals surface area contributed by atoms with E-state index in [2.05, 4.69) is 219 Å². The molecule has 1 heterocycles. The van der Waals surface area contributed by atoms with Crippen LogP contribution in [0.15, 0.2) is 200 Å². The van der Waals surface area contributed by atoms with Crippen molar-refractivity contribution in [1.82, 2.24) is 0 Å². The van der Waals surface area contributed by atoms with Crippen LogP contribution in [0.1, 0.15) is 47.2 Å². The van der Waals surface area contributed by atoms with Crippen LogP contribution in [0, 0.1) is 0 Å². The molecule has 0 N–H and O–H groups in total. The number of rotatable bonds is 5. The lowest BCUT2D eigenvalue weighted by molar-refractivity contribution is 0.667. The van der Waals surface area contributed by atoms with E-state index in [4.69, 9.17) is 0 Å². The number of hydrogen-bond donors (Lipinski definition) is 0. The molecule has 58 heavy (non-hydrogen) atoms. The Balaban J connectivity index is 1.11. The second kappa shape index (κ2) is 12.4. The van der Waals surface area contributed by atoms with E-state index in [9.17, 15) is 0 Å². The predicted molar refractivity (Wildman–Crippen MR) is 246 cm³/mol. The van der Waals surface area contributed by atoms with Gasteiger partial charge in [0, 0.05) is 48.0 Å². The van der Waals surface area contributed by atoms with Gasteiger partial charge in [0.2, 0.25) is 0 Å². The lowest BCUT2D eigenvalue weighted by Crippen LogP contribution is -2.28. The fourth-order valence-electron chi connectivity index (χ4n) is 10.7. The molecule has 0 amide bonds. The van der Waals surface area contributed by atoms with Crippen molar-refractivity contribution in [1.29, 1.82) is 0 Å². The molecule has 274 valence electrons. The third-order valence-corrected chi connectivity index (χ3v) is 14.3. The quantitative estimate of drug-likeness (QED) is 0.169. The first-order valence-electron chi connectivity index (χ1n) is 20.3. The van der Waals surface area contributed by atoms with Crippen molar-refractivity contribution < 1.29 is 0 Å². The van der Waals surface area contributed by atoms with Crippen LogP contribution in [0.4, 0.5) is 17.1 Å². The summed E-state index contributed by atoms with van der Waals surface area (Å²) in [5, 5.41) is 5.45. The van der Waals surface area contributed by atoms with E-state index in [-0.39, 0.29) is 5.41 Å². The van der Waals surface area contributed by atoms with Crippen LogP contribution >= 0.6 is 11.3 Å². The number of hydrogen-bond acceptors (Lipinski definition) is 2. The number of anilines is 3. The van der Waals surface area contributed by atoms with Gasteiger partial charge in [-0.3, -0.25) is 0 Å². The topological polar surface area (TPSA) is 3.24 Å². The summed E-state index contributed by atoms with van der Waals surface area (Å²) in [5.74, 6) is 0. The van der Waals surface area contributed by atoms with Gasteiger partial charge < -0.3 is 4.90 Å². The standard InChI is InChI=1S/C56H39NS/c1-55(2)48-34-39(31-33-45(48)51-43-25-12-13-26-44(43)54-52(53(51)55)46-27-15-17-29-50(46)58-54)57(38-22-10-5-11-23-38)40-30-32-42-41-24-14-16-28-47(41)56(49(42)35-40,36-18-6-3-7-19-36)37-20-8-4-9-21-37/h3-35H,1-2H3. The molecule has 0 saturated carbocycles. The minimum atomic E-state index is -0.482. The molecule has 10 aromatic rings. The molecule has 2 heteroatoms. The second-order valence-corrected chi connectivity index (χ2v) is 17.4. The highest BCUT2D eigenvalue weighted by atomic mass is 32.1. The molecule has 0 unspecified atom stereocenters. The molecule has 0 fully saturated rings. The van der Waals surface area contributed by atoms with E-state index in [1.165, 1.54) is 86.6 Å². The van der Waals surface area contributed by atoms with Crippen LogP contribution in [0.2, 0.25) is 0 Å². The third kappa shape index (κ3) is 4.47. The van der Waals surface area contributed by atoms with Gasteiger partial charge in [-0.2, -0.15) is 0 Å². The van der Waals surface area contributed by atoms with Crippen LogP contribution in [0.25, 0.3) is 53.2 Å². The van der Waals surface area contributed by atoms with E-state index in [1.54, 1.807) is 0 Å². The summed E-state index contributed by atoms with van der Waals surface area (Å²) >= 11 is 1.93. The Hall–Kier alpha value is -6.74. The largest absolute Gasteiger partial charge is 0.310 e. The minimum Gasteiger partial charge on any atom is -0.310 e. The summed E-state index contributed by atoms with van der Waals surface area (Å²) in [6.45, 7) is 4.88. The van der Waals surface area contributed by atoms with Gasteiger partial charge in [0.05, 0.1) is 5.41 Å². The van der Waals surface area contributed by atoms with Gasteiger partial charge in [0.15, 0.2) is 0 Å². The number of fused-ring (bicyclic) bond motifs is 13. The SMILES string of the molecule is CC1(C)c2cc(N(c3ccccc3)c3ccc4c(c3)C(c3ccccc3)(c3ccccc3)c3ccccc3-4)ccc2-c2c1c1c3ccccc3sc1c1ccccc21. The molecule has 0 saturated heterocycles. The molecule has 1 nitrogen and oxygen atoms in total. The van der Waals surface area contributed by atoms with E-state index in [1.807, 2.05) is 11.3 Å². The van der Waals surface area contributed by atoms with Crippen LogP contribution < -0.4 is 4.90 Å². The lowest BCUT2D eigenvalue weighted by Gasteiger charge is -2.35. The Morgan fingerprint density at radius 1 is 0.414 bits per heavy atom. The Bertz CT molecular complexity index is 3210. The number of thiophene rings is 1. The van der Waals surface area contributed by atoms with E-state index >= 15 is 0 Å². The maximum absolute atomic E-state index is 2.49. The maximum atomic E-state index is 2.49. The van der Waals surface area contributed by atoms with Crippen LogP contribution in [-0.4, -0.2) is 0 Å². The normalized spacial score (nSPS) is 14.3. The van der Waals surface area contributed by atoms with Gasteiger partial charge in [0.1, 0.15) is 0 Å². The molecule has 0 spiro atoms. The summed E-state index contributed by atoms with van der Waals surface area (Å²) < 4.78 is 2.74. The molecular weight excluding hydrogens is 719 g/mol. The van der Waals surface area contributed by atoms with Gasteiger partial charge in [-0.1, -0.05) is 172 Å². The molecule has 12 rings (SSSR count). The fraction of sp³-hybridized carbons (Fsp3) is 0.0714. The number of benzene rings is 9. The average Bonchev–Trinajstić information content (AvgIpc) is 3.89. The Labute approximate surface area is 343 Å². The van der Waals surface area contributed by atoms with Crippen LogP contribution in [0.3, 0.4) is 0 Å². The van der Waals surface area contributed by atoms with Crippen molar-refractivity contribution in [2.75, 3.05) is 4.90 Å². The first-order chi connectivity index (χ1) is 28.5. The number of nitrogens with zero attached hydrogens (tertiary/aromatic N) is 1. The Kier molecular flexibility index (Phi) is 7.13. The highest BCUT2D eigenvalue weighted by Crippen LogP contribution is 2.60. The molecule has 1 aromatic heterocycles. The first kappa shape index (κ1) is 33.4. The Morgan fingerprint density at radius 2 is 0.948 bits per heavy atom. The maximum Gasteiger partial charge on any atom is 0.0714 e. The molecule has 0 radical (unpaired) electrons. The highest BCUT2D eigenvalue weighted by Gasteiger charge is 2.46. The summed E-state index contributed by atoms with van der Waals surface area (Å²) in [5.41, 5.74) is 16.0. The van der Waals surface area contributed by atoms with E-state index in [0.717, 1.165) is 17.1 Å². The van der Waals surface area contributed by atoms with Gasteiger partial charge in [0.25, 0.3) is 0 Å². The van der Waals surface area contributed by atoms with E-state index in [0.29, 0.717) is 0 Å². The van der Waals surface area contributed by atoms with Crippen molar-refractivity contribution in [2.45, 2.75) is 24.7 Å². The van der Waals surface area contributed by atoms with Gasteiger partial charge in [-0.25, -0.2) is 0 Å². The van der Waals surface area contributed by atoms with Gasteiger partial charge in [-0.05, 0) is 103 Å². The molecular formula is C56H39NS. The molecule has 2 aliphatic carbocycles. The number of para-hydroxylation sites is 1. The van der Waals surface area contributed by atoms with Crippen molar-refractivity contribution >= 4 is 59.3 Å². The molecule has 0 aliphatic heterocycles. The summed E-state index contributed by atoms with van der Waals surface area (Å²) in [6.07, 6.45) is 0. The summed E-state index contributed by atoms with van der Waals surface area (Å²) in [7, 11) is 0. The van der Waals surface area contributed by atoms with Crippen LogP contribution in [-0.2, 0) is 10.8 Å². The molecule has 2 aliphatic rings. The average molecular weight is 758 g/mol.